The molecule has 1 aliphatic heterocycles. The first-order valence-corrected chi connectivity index (χ1v) is 13.0. The maximum atomic E-state index is 13.5. The van der Waals surface area contributed by atoms with Crippen LogP contribution in [0.4, 0.5) is 4.79 Å². The van der Waals surface area contributed by atoms with Crippen molar-refractivity contribution in [3.05, 3.63) is 65.2 Å². The number of carbonyl (C=O) groups is 2. The van der Waals surface area contributed by atoms with Crippen LogP contribution in [-0.4, -0.2) is 68.2 Å². The lowest BCUT2D eigenvalue weighted by atomic mass is 9.95. The highest BCUT2D eigenvalue weighted by atomic mass is 32.2. The topological polar surface area (TPSA) is 99.3 Å². The van der Waals surface area contributed by atoms with Crippen molar-refractivity contribution in [1.29, 1.82) is 0 Å². The van der Waals surface area contributed by atoms with Gasteiger partial charge >= 0.3 is 16.2 Å². The molecule has 1 saturated heterocycles. The lowest BCUT2D eigenvalue weighted by Crippen LogP contribution is -2.63. The van der Waals surface area contributed by atoms with Gasteiger partial charge in [0.15, 0.2) is 5.66 Å². The number of methoxy groups -OCH3 is 1. The molecule has 2 aliphatic rings. The highest BCUT2D eigenvalue weighted by Gasteiger charge is 2.57. The van der Waals surface area contributed by atoms with E-state index >= 15 is 0 Å². The average Bonchev–Trinajstić information content (AvgIpc) is 3.63. The van der Waals surface area contributed by atoms with E-state index in [0.29, 0.717) is 17.9 Å². The molecule has 0 spiro atoms. The van der Waals surface area contributed by atoms with Gasteiger partial charge in [-0.05, 0) is 48.4 Å². The van der Waals surface area contributed by atoms with Crippen molar-refractivity contribution in [3.8, 4) is 5.75 Å². The minimum absolute atomic E-state index is 0.0517. The van der Waals surface area contributed by atoms with Gasteiger partial charge in [0.2, 0.25) is 5.91 Å². The van der Waals surface area contributed by atoms with Crippen LogP contribution < -0.4 is 10.1 Å². The maximum absolute atomic E-state index is 13.5. The number of hydrogen-bond acceptors (Lipinski definition) is 5. The Morgan fingerprint density at radius 1 is 1.11 bits per heavy atom. The van der Waals surface area contributed by atoms with Gasteiger partial charge in [0.25, 0.3) is 0 Å². The predicted molar refractivity (Wildman–Crippen MR) is 132 cm³/mol. The molecule has 2 fully saturated rings. The maximum Gasteiger partial charge on any atom is 0.319 e. The van der Waals surface area contributed by atoms with E-state index in [1.54, 1.807) is 7.11 Å². The number of nitrogens with one attached hydrogen (secondary N) is 1. The fourth-order valence-electron chi connectivity index (χ4n) is 4.65. The number of carbonyl (C=O) groups excluding carboxylic acids is 2. The third kappa shape index (κ3) is 4.60. The van der Waals surface area contributed by atoms with E-state index in [1.165, 1.54) is 31.5 Å². The Kier molecular flexibility index (Phi) is 6.79. The molecule has 2 aromatic rings. The third-order valence-electron chi connectivity index (χ3n) is 6.70. The Bertz CT molecular complexity index is 1190. The highest BCUT2D eigenvalue weighted by molar-refractivity contribution is 7.87. The van der Waals surface area contributed by atoms with E-state index in [9.17, 15) is 18.0 Å². The standard InChI is InChI=1S/C25H32N4O5S/c1-18(30)29(35(32,33)27(2)3)25(22-11-9-21(10-12-22)20-7-8-20)17-26-24(31)28(25)16-15-19-5-13-23(34-4)14-6-19/h5-6,9-14,20H,7-8,15-17H2,1-4H3,(H,26,31). The van der Waals surface area contributed by atoms with Crippen LogP contribution in [0.3, 0.4) is 0 Å². The molecule has 35 heavy (non-hydrogen) atoms. The third-order valence-corrected chi connectivity index (χ3v) is 8.64. The summed E-state index contributed by atoms with van der Waals surface area (Å²) in [5.74, 6) is 0.567. The molecule has 1 aliphatic carbocycles. The molecule has 188 valence electrons. The molecule has 0 bridgehead atoms. The Labute approximate surface area is 206 Å². The van der Waals surface area contributed by atoms with Crippen molar-refractivity contribution in [2.75, 3.05) is 34.3 Å². The summed E-state index contributed by atoms with van der Waals surface area (Å²) in [4.78, 5) is 27.6. The van der Waals surface area contributed by atoms with Gasteiger partial charge in [0.05, 0.1) is 13.7 Å². The summed E-state index contributed by atoms with van der Waals surface area (Å²) >= 11 is 0. The zero-order valence-electron chi connectivity index (χ0n) is 20.5. The Morgan fingerprint density at radius 2 is 1.74 bits per heavy atom. The van der Waals surface area contributed by atoms with E-state index in [1.807, 2.05) is 48.5 Å². The first-order valence-electron chi connectivity index (χ1n) is 11.6. The van der Waals surface area contributed by atoms with Crippen molar-refractivity contribution in [2.45, 2.75) is 37.8 Å². The molecule has 9 nitrogen and oxygen atoms in total. The summed E-state index contributed by atoms with van der Waals surface area (Å²) in [6.45, 7) is 1.37. The van der Waals surface area contributed by atoms with Crippen LogP contribution in [0, 0.1) is 0 Å². The highest BCUT2D eigenvalue weighted by Crippen LogP contribution is 2.43. The molecule has 2 aromatic carbocycles. The number of amides is 3. The van der Waals surface area contributed by atoms with Crippen LogP contribution in [0.1, 0.15) is 42.4 Å². The van der Waals surface area contributed by atoms with Gasteiger partial charge in [0, 0.05) is 33.1 Å². The van der Waals surface area contributed by atoms with Crippen molar-refractivity contribution in [2.24, 2.45) is 0 Å². The SMILES string of the molecule is COc1ccc(CCN2C(=O)NCC2(c2ccc(C3CC3)cc2)N(C(C)=O)S(=O)(=O)N(C)C)cc1. The van der Waals surface area contributed by atoms with Crippen molar-refractivity contribution in [1.82, 2.24) is 18.8 Å². The van der Waals surface area contributed by atoms with Crippen molar-refractivity contribution >= 4 is 22.1 Å². The molecule has 0 radical (unpaired) electrons. The Hall–Kier alpha value is -3.11. The zero-order valence-corrected chi connectivity index (χ0v) is 21.3. The zero-order chi connectivity index (χ0) is 25.4. The van der Waals surface area contributed by atoms with Gasteiger partial charge in [-0.1, -0.05) is 36.4 Å². The second-order valence-corrected chi connectivity index (χ2v) is 11.2. The Balaban J connectivity index is 1.79. The van der Waals surface area contributed by atoms with Crippen LogP contribution >= 0.6 is 0 Å². The smallest absolute Gasteiger partial charge is 0.319 e. The summed E-state index contributed by atoms with van der Waals surface area (Å²) in [6, 6.07) is 14.7. The van der Waals surface area contributed by atoms with Crippen LogP contribution in [0.25, 0.3) is 0 Å². The lowest BCUT2D eigenvalue weighted by molar-refractivity contribution is -0.132. The second-order valence-electron chi connectivity index (χ2n) is 9.19. The summed E-state index contributed by atoms with van der Waals surface area (Å²) in [5, 5.41) is 2.80. The first kappa shape index (κ1) is 25.0. The molecule has 1 unspecified atom stereocenters. The second kappa shape index (κ2) is 9.50. The van der Waals surface area contributed by atoms with Crippen molar-refractivity contribution < 1.29 is 22.7 Å². The van der Waals surface area contributed by atoms with E-state index in [4.69, 9.17) is 4.74 Å². The quantitative estimate of drug-likeness (QED) is 0.571. The summed E-state index contributed by atoms with van der Waals surface area (Å²) in [6.07, 6.45) is 2.73. The molecule has 1 N–H and O–H groups in total. The Morgan fingerprint density at radius 3 is 2.26 bits per heavy atom. The number of nitrogens with zero attached hydrogens (tertiary/aromatic N) is 3. The van der Waals surface area contributed by atoms with E-state index in [2.05, 4.69) is 5.32 Å². The van der Waals surface area contributed by atoms with Gasteiger partial charge in [0.1, 0.15) is 5.75 Å². The van der Waals surface area contributed by atoms with Crippen LogP contribution in [-0.2, 0) is 27.1 Å². The number of rotatable bonds is 9. The summed E-state index contributed by atoms with van der Waals surface area (Å²) < 4.78 is 34.0. The minimum atomic E-state index is -4.22. The molecule has 4 rings (SSSR count). The first-order chi connectivity index (χ1) is 16.6. The number of hydrogen-bond donors (Lipinski definition) is 1. The lowest BCUT2D eigenvalue weighted by Gasteiger charge is -2.45. The summed E-state index contributed by atoms with van der Waals surface area (Å²) in [5.41, 5.74) is 1.15. The van der Waals surface area contributed by atoms with Crippen LogP contribution in [0.2, 0.25) is 0 Å². The minimum Gasteiger partial charge on any atom is -0.497 e. The van der Waals surface area contributed by atoms with Crippen LogP contribution in [0.15, 0.2) is 48.5 Å². The van der Waals surface area contributed by atoms with Gasteiger partial charge in [-0.3, -0.25) is 9.69 Å². The average molecular weight is 501 g/mol. The van der Waals surface area contributed by atoms with E-state index in [-0.39, 0.29) is 13.1 Å². The fourth-order valence-corrected chi connectivity index (χ4v) is 5.95. The fraction of sp³-hybridized carbons (Fsp3) is 0.440. The van der Waals surface area contributed by atoms with Crippen LogP contribution in [0.5, 0.6) is 5.75 Å². The molecule has 3 amide bonds. The predicted octanol–water partition coefficient (Wildman–Crippen LogP) is 2.65. The monoisotopic (exact) mass is 500 g/mol. The molecular formula is C25H32N4O5S. The number of benzene rings is 2. The van der Waals surface area contributed by atoms with Gasteiger partial charge in [-0.25, -0.2) is 4.79 Å². The van der Waals surface area contributed by atoms with Gasteiger partial charge in [-0.15, -0.1) is 0 Å². The molecule has 0 aromatic heterocycles. The number of urea groups is 1. The molecular weight excluding hydrogens is 468 g/mol. The van der Waals surface area contributed by atoms with Gasteiger partial charge < -0.3 is 10.1 Å². The largest absolute Gasteiger partial charge is 0.497 e. The van der Waals surface area contributed by atoms with Gasteiger partial charge in [-0.2, -0.15) is 17.0 Å². The van der Waals surface area contributed by atoms with E-state index < -0.39 is 27.8 Å². The normalized spacial score (nSPS) is 20.1. The molecule has 1 atom stereocenters. The van der Waals surface area contributed by atoms with Crippen molar-refractivity contribution in [3.63, 3.8) is 0 Å². The van der Waals surface area contributed by atoms with E-state index in [0.717, 1.165) is 32.8 Å². The number of ether oxygens (including phenoxy) is 1. The molecule has 10 heteroatoms. The molecule has 1 saturated carbocycles. The summed E-state index contributed by atoms with van der Waals surface area (Å²) in [7, 11) is 0.119. The molecule has 1 heterocycles.